The maximum atomic E-state index is 12.3. The first-order valence-electron chi connectivity index (χ1n) is 8.09. The van der Waals surface area contributed by atoms with Gasteiger partial charge in [-0.3, -0.25) is 9.69 Å². The number of fused-ring (bicyclic) bond motifs is 1. The Morgan fingerprint density at radius 3 is 2.77 bits per heavy atom. The van der Waals surface area contributed by atoms with E-state index in [0.717, 1.165) is 42.9 Å². The molecule has 1 aromatic heterocycles. The molecule has 0 unspecified atom stereocenters. The van der Waals surface area contributed by atoms with Crippen LogP contribution in [0.5, 0.6) is 0 Å². The van der Waals surface area contributed by atoms with Crippen LogP contribution in [0, 0.1) is 6.92 Å². The monoisotopic (exact) mass is 297 g/mol. The van der Waals surface area contributed by atoms with Crippen LogP contribution in [0.4, 0.5) is 0 Å². The summed E-state index contributed by atoms with van der Waals surface area (Å²) in [7, 11) is 0. The molecule has 3 rings (SSSR count). The molecule has 116 valence electrons. The average Bonchev–Trinajstić information content (AvgIpc) is 2.53. The van der Waals surface area contributed by atoms with Crippen LogP contribution in [0.1, 0.15) is 36.6 Å². The van der Waals surface area contributed by atoms with Crippen molar-refractivity contribution in [1.29, 1.82) is 0 Å². The minimum atomic E-state index is 0.0238. The van der Waals surface area contributed by atoms with E-state index in [1.165, 1.54) is 18.4 Å². The lowest BCUT2D eigenvalue weighted by atomic mass is 10.1. The van der Waals surface area contributed by atoms with Gasteiger partial charge in [0.2, 0.25) is 0 Å². The molecule has 0 saturated heterocycles. The van der Waals surface area contributed by atoms with E-state index in [9.17, 15) is 4.79 Å². The van der Waals surface area contributed by atoms with Crippen molar-refractivity contribution in [2.75, 3.05) is 13.1 Å². The normalized spacial score (nSPS) is 14.8. The minimum absolute atomic E-state index is 0.0238. The van der Waals surface area contributed by atoms with Gasteiger partial charge in [-0.25, -0.2) is 4.98 Å². The molecule has 0 radical (unpaired) electrons. The molecule has 22 heavy (non-hydrogen) atoms. The smallest absolute Gasteiger partial charge is 0.254 e. The van der Waals surface area contributed by atoms with Gasteiger partial charge in [0, 0.05) is 24.2 Å². The highest BCUT2D eigenvalue weighted by Crippen LogP contribution is 2.19. The number of hydrogen-bond donors (Lipinski definition) is 1. The Balaban J connectivity index is 1.91. The standard InChI is InChI=1S/C18H23N3O/c1-3-4-10-21-11-9-15-16(12-21)19-17(20-18(15)22)14-7-5-13(2)6-8-14/h5-8H,3-4,9-12H2,1-2H3,(H,19,20,22). The van der Waals surface area contributed by atoms with Gasteiger partial charge in [-0.05, 0) is 26.3 Å². The first kappa shape index (κ1) is 15.0. The fourth-order valence-electron chi connectivity index (χ4n) is 2.91. The summed E-state index contributed by atoms with van der Waals surface area (Å²) in [6.45, 7) is 7.10. The van der Waals surface area contributed by atoms with Crippen molar-refractivity contribution < 1.29 is 0 Å². The van der Waals surface area contributed by atoms with Gasteiger partial charge in [0.15, 0.2) is 0 Å². The minimum Gasteiger partial charge on any atom is -0.306 e. The molecular formula is C18H23N3O. The molecule has 2 heterocycles. The molecule has 0 amide bonds. The van der Waals surface area contributed by atoms with Gasteiger partial charge in [0.25, 0.3) is 5.56 Å². The number of unbranched alkanes of at least 4 members (excludes halogenated alkanes) is 1. The molecule has 0 fully saturated rings. The highest BCUT2D eigenvalue weighted by molar-refractivity contribution is 5.55. The Morgan fingerprint density at radius 2 is 2.05 bits per heavy atom. The van der Waals surface area contributed by atoms with E-state index < -0.39 is 0 Å². The lowest BCUT2D eigenvalue weighted by Crippen LogP contribution is -2.35. The Hall–Kier alpha value is -1.94. The Morgan fingerprint density at radius 1 is 1.27 bits per heavy atom. The maximum absolute atomic E-state index is 12.3. The second kappa shape index (κ2) is 6.44. The van der Waals surface area contributed by atoms with Crippen LogP contribution >= 0.6 is 0 Å². The second-order valence-corrected chi connectivity index (χ2v) is 6.09. The van der Waals surface area contributed by atoms with Gasteiger partial charge in [-0.15, -0.1) is 0 Å². The van der Waals surface area contributed by atoms with Crippen LogP contribution in [0.25, 0.3) is 11.4 Å². The third-order valence-electron chi connectivity index (χ3n) is 4.31. The summed E-state index contributed by atoms with van der Waals surface area (Å²) in [4.78, 5) is 22.4. The number of aryl methyl sites for hydroxylation is 1. The van der Waals surface area contributed by atoms with Crippen LogP contribution in [0.2, 0.25) is 0 Å². The van der Waals surface area contributed by atoms with E-state index in [2.05, 4.69) is 23.7 Å². The van der Waals surface area contributed by atoms with E-state index in [4.69, 9.17) is 4.98 Å². The lowest BCUT2D eigenvalue weighted by molar-refractivity contribution is 0.245. The molecule has 1 N–H and O–H groups in total. The third-order valence-corrected chi connectivity index (χ3v) is 4.31. The molecule has 4 nitrogen and oxygen atoms in total. The van der Waals surface area contributed by atoms with E-state index in [-0.39, 0.29) is 5.56 Å². The number of benzene rings is 1. The Kier molecular flexibility index (Phi) is 4.39. The Labute approximate surface area is 131 Å². The largest absolute Gasteiger partial charge is 0.306 e. The third kappa shape index (κ3) is 3.12. The summed E-state index contributed by atoms with van der Waals surface area (Å²) >= 11 is 0. The molecule has 1 aromatic carbocycles. The SMILES string of the molecule is CCCCN1CCc2c(nc(-c3ccc(C)cc3)[nH]c2=O)C1. The summed E-state index contributed by atoms with van der Waals surface area (Å²) in [6, 6.07) is 8.11. The zero-order valence-electron chi connectivity index (χ0n) is 13.4. The van der Waals surface area contributed by atoms with Crippen LogP contribution in [0.15, 0.2) is 29.1 Å². The molecule has 1 aliphatic heterocycles. The number of hydrogen-bond acceptors (Lipinski definition) is 3. The lowest BCUT2D eigenvalue weighted by Gasteiger charge is -2.27. The summed E-state index contributed by atoms with van der Waals surface area (Å²) in [5, 5.41) is 0. The second-order valence-electron chi connectivity index (χ2n) is 6.09. The van der Waals surface area contributed by atoms with E-state index in [0.29, 0.717) is 5.82 Å². The average molecular weight is 297 g/mol. The molecule has 4 heteroatoms. The first-order valence-corrected chi connectivity index (χ1v) is 8.09. The number of aromatic nitrogens is 2. The van der Waals surface area contributed by atoms with Gasteiger partial charge in [-0.1, -0.05) is 43.2 Å². The predicted molar refractivity (Wildman–Crippen MR) is 88.9 cm³/mol. The summed E-state index contributed by atoms with van der Waals surface area (Å²) in [5.74, 6) is 0.682. The number of nitrogens with one attached hydrogen (secondary N) is 1. The quantitative estimate of drug-likeness (QED) is 0.944. The number of nitrogens with zero attached hydrogens (tertiary/aromatic N) is 2. The fourth-order valence-corrected chi connectivity index (χ4v) is 2.91. The molecule has 2 aromatic rings. The van der Waals surface area contributed by atoms with Crippen molar-refractivity contribution in [3.8, 4) is 11.4 Å². The molecule has 0 bridgehead atoms. The molecule has 0 spiro atoms. The predicted octanol–water partition coefficient (Wildman–Crippen LogP) is 2.90. The summed E-state index contributed by atoms with van der Waals surface area (Å²) < 4.78 is 0. The maximum Gasteiger partial charge on any atom is 0.254 e. The molecule has 1 aliphatic rings. The van der Waals surface area contributed by atoms with Crippen LogP contribution in [0.3, 0.4) is 0 Å². The zero-order valence-corrected chi connectivity index (χ0v) is 13.4. The zero-order chi connectivity index (χ0) is 15.5. The highest BCUT2D eigenvalue weighted by atomic mass is 16.1. The van der Waals surface area contributed by atoms with Crippen molar-refractivity contribution >= 4 is 0 Å². The van der Waals surface area contributed by atoms with Crippen LogP contribution in [-0.2, 0) is 13.0 Å². The first-order chi connectivity index (χ1) is 10.7. The van der Waals surface area contributed by atoms with Crippen molar-refractivity contribution in [1.82, 2.24) is 14.9 Å². The van der Waals surface area contributed by atoms with Gasteiger partial charge in [0.05, 0.1) is 5.69 Å². The van der Waals surface area contributed by atoms with Crippen molar-refractivity contribution in [3.63, 3.8) is 0 Å². The number of H-pyrrole nitrogens is 1. The number of aromatic amines is 1. The topological polar surface area (TPSA) is 49.0 Å². The highest BCUT2D eigenvalue weighted by Gasteiger charge is 2.20. The summed E-state index contributed by atoms with van der Waals surface area (Å²) in [6.07, 6.45) is 3.19. The van der Waals surface area contributed by atoms with Gasteiger partial charge in [-0.2, -0.15) is 0 Å². The van der Waals surface area contributed by atoms with Gasteiger partial charge >= 0.3 is 0 Å². The van der Waals surface area contributed by atoms with Crippen molar-refractivity contribution in [3.05, 3.63) is 51.4 Å². The molecule has 0 atom stereocenters. The molecular weight excluding hydrogens is 274 g/mol. The van der Waals surface area contributed by atoms with Crippen molar-refractivity contribution in [2.24, 2.45) is 0 Å². The van der Waals surface area contributed by atoms with Crippen LogP contribution < -0.4 is 5.56 Å². The van der Waals surface area contributed by atoms with Gasteiger partial charge in [0.1, 0.15) is 5.82 Å². The van der Waals surface area contributed by atoms with Gasteiger partial charge < -0.3 is 4.98 Å². The van der Waals surface area contributed by atoms with Crippen molar-refractivity contribution in [2.45, 2.75) is 39.7 Å². The fraction of sp³-hybridized carbons (Fsp3) is 0.444. The summed E-state index contributed by atoms with van der Waals surface area (Å²) in [5.41, 5.74) is 4.01. The molecule has 0 saturated carbocycles. The van der Waals surface area contributed by atoms with E-state index >= 15 is 0 Å². The number of rotatable bonds is 4. The van der Waals surface area contributed by atoms with E-state index in [1.807, 2.05) is 24.3 Å². The van der Waals surface area contributed by atoms with E-state index in [1.54, 1.807) is 0 Å². The molecule has 0 aliphatic carbocycles. The van der Waals surface area contributed by atoms with Crippen LogP contribution in [-0.4, -0.2) is 28.0 Å². The Bertz CT molecular complexity index is 703.